The molecule has 19 heavy (non-hydrogen) atoms. The van der Waals surface area contributed by atoms with E-state index in [1.54, 1.807) is 20.8 Å². The Morgan fingerprint density at radius 3 is 2.42 bits per heavy atom. The van der Waals surface area contributed by atoms with Crippen LogP contribution in [-0.4, -0.2) is 34.0 Å². The lowest BCUT2D eigenvalue weighted by molar-refractivity contribution is -0.138. The van der Waals surface area contributed by atoms with Crippen molar-refractivity contribution in [2.75, 3.05) is 6.54 Å². The van der Waals surface area contributed by atoms with Crippen molar-refractivity contribution < 1.29 is 19.1 Å². The summed E-state index contributed by atoms with van der Waals surface area (Å²) in [4.78, 5) is 24.4. The van der Waals surface area contributed by atoms with Crippen molar-refractivity contribution in [3.63, 3.8) is 0 Å². The van der Waals surface area contributed by atoms with Gasteiger partial charge in [0.25, 0.3) is 5.91 Å². The average molecular weight is 332 g/mol. The molecule has 0 spiro atoms. The first-order valence-electron chi connectivity index (χ1n) is 5.62. The van der Waals surface area contributed by atoms with Crippen LogP contribution < -0.4 is 0 Å². The van der Waals surface area contributed by atoms with E-state index in [9.17, 15) is 14.0 Å². The molecule has 0 saturated heterocycles. The van der Waals surface area contributed by atoms with Gasteiger partial charge in [-0.25, -0.2) is 4.39 Å². The van der Waals surface area contributed by atoms with E-state index in [0.717, 1.165) is 0 Å². The van der Waals surface area contributed by atoms with Crippen molar-refractivity contribution in [1.29, 1.82) is 0 Å². The topological polar surface area (TPSA) is 57.6 Å². The first kappa shape index (κ1) is 15.6. The third kappa shape index (κ3) is 3.76. The molecule has 1 rings (SSSR count). The molecule has 0 aliphatic heterocycles. The van der Waals surface area contributed by atoms with Gasteiger partial charge >= 0.3 is 5.97 Å². The van der Waals surface area contributed by atoms with Gasteiger partial charge in [0.1, 0.15) is 12.4 Å². The first-order valence-corrected chi connectivity index (χ1v) is 6.41. The zero-order valence-electron chi connectivity index (χ0n) is 10.9. The smallest absolute Gasteiger partial charge is 0.323 e. The molecule has 6 heteroatoms. The number of carbonyl (C=O) groups excluding carboxylic acids is 1. The lowest BCUT2D eigenvalue weighted by atomic mass is 10.0. The highest BCUT2D eigenvalue weighted by Crippen LogP contribution is 2.24. The summed E-state index contributed by atoms with van der Waals surface area (Å²) < 4.78 is 13.5. The standard InChI is InChI=1S/C13H15BrFNO3/c1-13(2,3)16(7-10(17)18)12(19)8-5-4-6-9(15)11(8)14/h4-6H,7H2,1-3H3,(H,17,18). The van der Waals surface area contributed by atoms with Crippen LogP contribution in [-0.2, 0) is 4.79 Å². The number of hydrogen-bond donors (Lipinski definition) is 1. The second-order valence-electron chi connectivity index (χ2n) is 5.06. The van der Waals surface area contributed by atoms with Gasteiger partial charge in [-0.1, -0.05) is 6.07 Å². The van der Waals surface area contributed by atoms with E-state index in [-0.39, 0.29) is 10.0 Å². The van der Waals surface area contributed by atoms with Gasteiger partial charge in [-0.3, -0.25) is 9.59 Å². The van der Waals surface area contributed by atoms with E-state index in [1.807, 2.05) is 0 Å². The molecule has 0 aliphatic carbocycles. The Morgan fingerprint density at radius 2 is 1.95 bits per heavy atom. The molecular formula is C13H15BrFNO3. The minimum absolute atomic E-state index is 0.0413. The molecule has 1 aromatic carbocycles. The van der Waals surface area contributed by atoms with Crippen LogP contribution in [0.3, 0.4) is 0 Å². The Kier molecular flexibility index (Phi) is 4.68. The van der Waals surface area contributed by atoms with Crippen molar-refractivity contribution in [2.45, 2.75) is 26.3 Å². The number of carbonyl (C=O) groups is 2. The molecule has 0 heterocycles. The number of amides is 1. The minimum atomic E-state index is -1.11. The van der Waals surface area contributed by atoms with Crippen molar-refractivity contribution in [2.24, 2.45) is 0 Å². The van der Waals surface area contributed by atoms with Crippen LogP contribution in [0.1, 0.15) is 31.1 Å². The lowest BCUT2D eigenvalue weighted by Gasteiger charge is -2.34. The summed E-state index contributed by atoms with van der Waals surface area (Å²) in [5.74, 6) is -2.20. The number of aliphatic carboxylic acids is 1. The van der Waals surface area contributed by atoms with E-state index in [2.05, 4.69) is 15.9 Å². The monoisotopic (exact) mass is 331 g/mol. The summed E-state index contributed by atoms with van der Waals surface area (Å²) in [5, 5.41) is 8.89. The Balaban J connectivity index is 3.20. The van der Waals surface area contributed by atoms with Gasteiger partial charge in [-0.2, -0.15) is 0 Å². The van der Waals surface area contributed by atoms with Crippen LogP contribution in [0.2, 0.25) is 0 Å². The van der Waals surface area contributed by atoms with Crippen molar-refractivity contribution >= 4 is 27.8 Å². The molecule has 0 atom stereocenters. The third-order valence-corrected chi connectivity index (χ3v) is 3.34. The van der Waals surface area contributed by atoms with Gasteiger partial charge in [0.05, 0.1) is 10.0 Å². The number of carboxylic acids is 1. The van der Waals surface area contributed by atoms with E-state index in [4.69, 9.17) is 5.11 Å². The third-order valence-electron chi connectivity index (χ3n) is 2.53. The van der Waals surface area contributed by atoms with Crippen molar-refractivity contribution in [3.05, 3.63) is 34.1 Å². The quantitative estimate of drug-likeness (QED) is 0.926. The van der Waals surface area contributed by atoms with Crippen molar-refractivity contribution in [3.8, 4) is 0 Å². The number of halogens is 2. The maximum atomic E-state index is 13.4. The molecule has 0 aromatic heterocycles. The highest BCUT2D eigenvalue weighted by Gasteiger charge is 2.30. The molecule has 0 saturated carbocycles. The molecule has 0 fully saturated rings. The Hall–Kier alpha value is -1.43. The second kappa shape index (κ2) is 5.69. The number of nitrogens with zero attached hydrogens (tertiary/aromatic N) is 1. The maximum Gasteiger partial charge on any atom is 0.323 e. The zero-order chi connectivity index (χ0) is 14.8. The molecule has 104 valence electrons. The zero-order valence-corrected chi connectivity index (χ0v) is 12.5. The highest BCUT2D eigenvalue weighted by atomic mass is 79.9. The molecule has 0 aliphatic rings. The highest BCUT2D eigenvalue weighted by molar-refractivity contribution is 9.10. The predicted octanol–water partition coefficient (Wildman–Crippen LogP) is 2.91. The van der Waals surface area contributed by atoms with E-state index in [0.29, 0.717) is 0 Å². The predicted molar refractivity (Wildman–Crippen MR) is 72.5 cm³/mol. The Bertz CT molecular complexity index is 511. The minimum Gasteiger partial charge on any atom is -0.480 e. The van der Waals surface area contributed by atoms with Crippen molar-refractivity contribution in [1.82, 2.24) is 4.90 Å². The normalized spacial score (nSPS) is 11.2. The van der Waals surface area contributed by atoms with Gasteiger partial charge in [-0.15, -0.1) is 0 Å². The first-order chi connectivity index (χ1) is 8.64. The molecule has 0 radical (unpaired) electrons. The van der Waals surface area contributed by atoms with Crippen LogP contribution in [0.5, 0.6) is 0 Å². The molecule has 4 nitrogen and oxygen atoms in total. The summed E-state index contributed by atoms with van der Waals surface area (Å²) in [6, 6.07) is 4.09. The molecule has 0 bridgehead atoms. The number of benzene rings is 1. The lowest BCUT2D eigenvalue weighted by Crippen LogP contribution is -2.48. The molecule has 1 N–H and O–H groups in total. The molecular weight excluding hydrogens is 317 g/mol. The molecule has 1 aromatic rings. The number of rotatable bonds is 3. The van der Waals surface area contributed by atoms with Crippen LogP contribution in [0.25, 0.3) is 0 Å². The fourth-order valence-corrected chi connectivity index (χ4v) is 2.00. The van der Waals surface area contributed by atoms with E-state index < -0.39 is 29.8 Å². The fraction of sp³-hybridized carbons (Fsp3) is 0.385. The maximum absolute atomic E-state index is 13.4. The van der Waals surface area contributed by atoms with Crippen LogP contribution in [0.4, 0.5) is 4.39 Å². The summed E-state index contributed by atoms with van der Waals surface area (Å²) in [6.45, 7) is 4.73. The van der Waals surface area contributed by atoms with Gasteiger partial charge in [0, 0.05) is 5.54 Å². The second-order valence-corrected chi connectivity index (χ2v) is 5.85. The largest absolute Gasteiger partial charge is 0.480 e. The summed E-state index contributed by atoms with van der Waals surface area (Å²) in [6.07, 6.45) is 0. The van der Waals surface area contributed by atoms with Crippen LogP contribution in [0, 0.1) is 5.82 Å². The van der Waals surface area contributed by atoms with Gasteiger partial charge in [-0.05, 0) is 48.8 Å². The SMILES string of the molecule is CC(C)(C)N(CC(=O)O)C(=O)c1cccc(F)c1Br. The van der Waals surface area contributed by atoms with Gasteiger partial charge < -0.3 is 10.0 Å². The summed E-state index contributed by atoms with van der Waals surface area (Å²) in [5.41, 5.74) is -0.572. The average Bonchev–Trinajstić information content (AvgIpc) is 2.27. The van der Waals surface area contributed by atoms with Crippen LogP contribution in [0.15, 0.2) is 22.7 Å². The molecule has 0 unspecified atom stereocenters. The summed E-state index contributed by atoms with van der Waals surface area (Å²) in [7, 11) is 0. The van der Waals surface area contributed by atoms with E-state index >= 15 is 0 Å². The Morgan fingerprint density at radius 1 is 1.37 bits per heavy atom. The summed E-state index contributed by atoms with van der Waals surface area (Å²) >= 11 is 3.01. The Labute approximate surface area is 119 Å². The number of hydrogen-bond acceptors (Lipinski definition) is 2. The van der Waals surface area contributed by atoms with Crippen LogP contribution >= 0.6 is 15.9 Å². The van der Waals surface area contributed by atoms with E-state index in [1.165, 1.54) is 23.1 Å². The molecule has 1 amide bonds. The van der Waals surface area contributed by atoms with Gasteiger partial charge in [0.2, 0.25) is 0 Å². The van der Waals surface area contributed by atoms with Gasteiger partial charge in [0.15, 0.2) is 0 Å². The number of carboxylic acid groups (broad SMARTS) is 1. The fourth-order valence-electron chi connectivity index (χ4n) is 1.56.